The Morgan fingerprint density at radius 1 is 1.18 bits per heavy atom. The Hall–Kier alpha value is -3.06. The maximum atomic E-state index is 11.7. The minimum atomic E-state index is -1.08. The molecule has 0 fully saturated rings. The average Bonchev–Trinajstić information content (AvgIpc) is 3.45. The minimum absolute atomic E-state index is 0.0448. The highest BCUT2D eigenvalue weighted by atomic mass is 32.1. The van der Waals surface area contributed by atoms with Gasteiger partial charge in [0, 0.05) is 4.88 Å². The van der Waals surface area contributed by atoms with Crippen LogP contribution in [0, 0.1) is 0 Å². The largest absolute Gasteiger partial charge is 0.476 e. The van der Waals surface area contributed by atoms with Crippen molar-refractivity contribution in [2.24, 2.45) is 0 Å². The summed E-state index contributed by atoms with van der Waals surface area (Å²) >= 11 is 1.68. The summed E-state index contributed by atoms with van der Waals surface area (Å²) in [7, 11) is 0. The van der Waals surface area contributed by atoms with Crippen LogP contribution in [-0.2, 0) is 18.3 Å². The van der Waals surface area contributed by atoms with Crippen molar-refractivity contribution in [1.82, 2.24) is 20.4 Å². The molecule has 0 saturated carbocycles. The number of hydrogen-bond acceptors (Lipinski definition) is 5. The molecule has 0 radical (unpaired) electrons. The highest BCUT2D eigenvalue weighted by Gasteiger charge is 2.42. The lowest BCUT2D eigenvalue weighted by molar-refractivity contribution is 0.0688. The van der Waals surface area contributed by atoms with E-state index in [1.165, 1.54) is 4.88 Å². The topological polar surface area (TPSA) is 91.8 Å². The number of nitrogens with zero attached hydrogens (tertiary/aromatic N) is 3. The summed E-state index contributed by atoms with van der Waals surface area (Å²) in [6, 6.07) is 10.2. The van der Waals surface area contributed by atoms with Gasteiger partial charge in [-0.15, -0.1) is 16.4 Å². The van der Waals surface area contributed by atoms with Gasteiger partial charge in [-0.25, -0.2) is 9.78 Å². The van der Waals surface area contributed by atoms with Crippen molar-refractivity contribution in [3.05, 3.63) is 81.1 Å². The Morgan fingerprint density at radius 3 is 2.75 bits per heavy atom. The molecule has 2 heterocycles. The third kappa shape index (κ3) is 2.62. The van der Waals surface area contributed by atoms with E-state index in [2.05, 4.69) is 33.6 Å². The normalized spacial score (nSPS) is 20.8. The summed E-state index contributed by atoms with van der Waals surface area (Å²) in [5, 5.41) is 21.2. The number of nitrogens with one attached hydrogen (secondary N) is 1. The van der Waals surface area contributed by atoms with E-state index in [4.69, 9.17) is 4.98 Å². The number of aryl methyl sites for hydroxylation is 2. The lowest BCUT2D eigenvalue weighted by Gasteiger charge is -2.29. The van der Waals surface area contributed by atoms with Gasteiger partial charge in [-0.05, 0) is 36.8 Å². The van der Waals surface area contributed by atoms with Crippen LogP contribution in [0.3, 0.4) is 0 Å². The van der Waals surface area contributed by atoms with Crippen LogP contribution in [0.4, 0.5) is 0 Å². The van der Waals surface area contributed by atoms with E-state index in [9.17, 15) is 9.90 Å². The number of thiazole rings is 1. The molecule has 6 nitrogen and oxygen atoms in total. The van der Waals surface area contributed by atoms with Crippen molar-refractivity contribution in [2.75, 3.05) is 0 Å². The van der Waals surface area contributed by atoms with Crippen molar-refractivity contribution in [3.63, 3.8) is 0 Å². The second-order valence-electron chi connectivity index (χ2n) is 7.10. The second-order valence-corrected chi connectivity index (χ2v) is 8.19. The molecule has 3 aromatic rings. The van der Waals surface area contributed by atoms with Crippen LogP contribution in [0.1, 0.15) is 50.2 Å². The van der Waals surface area contributed by atoms with E-state index < -0.39 is 11.4 Å². The number of allylic oxidation sites excluding steroid dienone is 4. The third-order valence-corrected chi connectivity index (χ3v) is 6.78. The number of carboxylic acid groups (broad SMARTS) is 1. The summed E-state index contributed by atoms with van der Waals surface area (Å²) in [5.41, 5.74) is 3.05. The quantitative estimate of drug-likeness (QED) is 0.707. The fraction of sp³-hybridized carbons (Fsp3) is 0.238. The minimum Gasteiger partial charge on any atom is -0.476 e. The van der Waals surface area contributed by atoms with Gasteiger partial charge in [0.25, 0.3) is 0 Å². The SMILES string of the molecule is O=C(O)c1n[nH]nc1C1(c2nc3c(s2)CCC3)C=CC(c2ccccc2)=CC1. The number of rotatable bonds is 4. The predicted molar refractivity (Wildman–Crippen MR) is 106 cm³/mol. The zero-order chi connectivity index (χ0) is 19.1. The van der Waals surface area contributed by atoms with Crippen LogP contribution in [0.25, 0.3) is 5.57 Å². The van der Waals surface area contributed by atoms with Gasteiger partial charge in [0.2, 0.25) is 0 Å². The fourth-order valence-corrected chi connectivity index (χ4v) is 5.32. The predicted octanol–water partition coefficient (Wildman–Crippen LogP) is 3.78. The molecule has 0 aliphatic heterocycles. The van der Waals surface area contributed by atoms with Crippen LogP contribution >= 0.6 is 11.3 Å². The van der Waals surface area contributed by atoms with Crippen LogP contribution in [-0.4, -0.2) is 31.5 Å². The molecule has 0 bridgehead atoms. The van der Waals surface area contributed by atoms with Crippen LogP contribution < -0.4 is 0 Å². The number of aromatic carboxylic acids is 1. The first-order chi connectivity index (χ1) is 13.7. The van der Waals surface area contributed by atoms with Gasteiger partial charge in [0.05, 0.1) is 11.1 Å². The number of aromatic nitrogens is 4. The van der Waals surface area contributed by atoms with E-state index >= 15 is 0 Å². The molecule has 2 aliphatic carbocycles. The monoisotopic (exact) mass is 390 g/mol. The first-order valence-corrected chi connectivity index (χ1v) is 10.1. The van der Waals surface area contributed by atoms with Gasteiger partial charge < -0.3 is 5.11 Å². The van der Waals surface area contributed by atoms with Crippen LogP contribution in [0.2, 0.25) is 0 Å². The van der Waals surface area contributed by atoms with Crippen molar-refractivity contribution < 1.29 is 9.90 Å². The van der Waals surface area contributed by atoms with Crippen molar-refractivity contribution in [1.29, 1.82) is 0 Å². The van der Waals surface area contributed by atoms with Crippen molar-refractivity contribution in [3.8, 4) is 0 Å². The summed E-state index contributed by atoms with van der Waals surface area (Å²) in [6.45, 7) is 0. The number of carboxylic acids is 1. The molecular formula is C21H18N4O2S. The summed E-state index contributed by atoms with van der Waals surface area (Å²) in [5.74, 6) is -1.08. The maximum absolute atomic E-state index is 11.7. The molecule has 5 rings (SSSR count). The first kappa shape index (κ1) is 17.1. The molecule has 0 amide bonds. The number of benzene rings is 1. The zero-order valence-electron chi connectivity index (χ0n) is 15.1. The highest BCUT2D eigenvalue weighted by Crippen LogP contribution is 2.45. The number of H-pyrrole nitrogens is 1. The summed E-state index contributed by atoms with van der Waals surface area (Å²) < 4.78 is 0. The Kier molecular flexibility index (Phi) is 3.98. The number of fused-ring (bicyclic) bond motifs is 1. The summed E-state index contributed by atoms with van der Waals surface area (Å²) in [4.78, 5) is 18.0. The van der Waals surface area contributed by atoms with E-state index in [0.29, 0.717) is 12.1 Å². The molecule has 1 atom stereocenters. The van der Waals surface area contributed by atoms with Gasteiger partial charge in [-0.1, -0.05) is 48.6 Å². The molecular weight excluding hydrogens is 372 g/mol. The van der Waals surface area contributed by atoms with Crippen molar-refractivity contribution >= 4 is 22.9 Å². The van der Waals surface area contributed by atoms with Crippen LogP contribution in [0.5, 0.6) is 0 Å². The first-order valence-electron chi connectivity index (χ1n) is 9.26. The molecule has 1 aromatic carbocycles. The van der Waals surface area contributed by atoms with Gasteiger partial charge in [0.15, 0.2) is 5.69 Å². The molecule has 28 heavy (non-hydrogen) atoms. The third-order valence-electron chi connectivity index (χ3n) is 5.45. The van der Waals surface area contributed by atoms with Gasteiger partial charge in [-0.2, -0.15) is 10.3 Å². The lowest BCUT2D eigenvalue weighted by Crippen LogP contribution is -2.29. The highest BCUT2D eigenvalue weighted by molar-refractivity contribution is 7.12. The number of carbonyl (C=O) groups is 1. The molecule has 0 saturated heterocycles. The number of hydrogen-bond donors (Lipinski definition) is 2. The summed E-state index contributed by atoms with van der Waals surface area (Å²) in [6.07, 6.45) is 10.00. The second kappa shape index (κ2) is 6.53. The van der Waals surface area contributed by atoms with E-state index in [1.54, 1.807) is 11.3 Å². The van der Waals surface area contributed by atoms with E-state index in [0.717, 1.165) is 41.1 Å². The lowest BCUT2D eigenvalue weighted by atomic mass is 9.76. The Bertz CT molecular complexity index is 1090. The molecule has 1 unspecified atom stereocenters. The zero-order valence-corrected chi connectivity index (χ0v) is 15.9. The van der Waals surface area contributed by atoms with E-state index in [-0.39, 0.29) is 5.69 Å². The molecule has 140 valence electrons. The van der Waals surface area contributed by atoms with Crippen LogP contribution in [0.15, 0.2) is 48.6 Å². The van der Waals surface area contributed by atoms with Gasteiger partial charge >= 0.3 is 5.97 Å². The van der Waals surface area contributed by atoms with E-state index in [1.807, 2.05) is 30.4 Å². The molecule has 2 aliphatic rings. The molecule has 2 N–H and O–H groups in total. The number of aromatic amines is 1. The Balaban J connectivity index is 1.63. The molecule has 0 spiro atoms. The average molecular weight is 390 g/mol. The van der Waals surface area contributed by atoms with Crippen molar-refractivity contribution in [2.45, 2.75) is 31.1 Å². The Labute approximate surface area is 165 Å². The Morgan fingerprint density at radius 2 is 2.04 bits per heavy atom. The van der Waals surface area contributed by atoms with Gasteiger partial charge in [0.1, 0.15) is 10.7 Å². The standard InChI is InChI=1S/C21H18N4O2S/c26-19(27)17-18(24-25-23-17)21(20-22-15-7-4-8-16(15)28-20)11-9-14(10-12-21)13-5-2-1-3-6-13/h1-3,5-6,9-11H,4,7-8,12H2,(H,26,27)(H,23,24,25). The molecule has 2 aromatic heterocycles. The molecule has 7 heteroatoms. The maximum Gasteiger partial charge on any atom is 0.358 e. The smallest absolute Gasteiger partial charge is 0.358 e. The fourth-order valence-electron chi connectivity index (χ4n) is 3.99. The van der Waals surface area contributed by atoms with Gasteiger partial charge in [-0.3, -0.25) is 0 Å².